The van der Waals surface area contributed by atoms with E-state index in [9.17, 15) is 9.59 Å². The molecule has 0 bridgehead atoms. The van der Waals surface area contributed by atoms with Crippen LogP contribution in [0.15, 0.2) is 0 Å². The Bertz CT molecular complexity index is 611. The van der Waals surface area contributed by atoms with Gasteiger partial charge in [0, 0.05) is 13.8 Å². The molecule has 2 aromatic rings. The molecule has 2 amide bonds. The molecule has 4 N–H and O–H groups in total. The van der Waals surface area contributed by atoms with Crippen molar-refractivity contribution in [1.29, 1.82) is 0 Å². The average molecular weight is 276 g/mol. The molecule has 0 aromatic carbocycles. The predicted octanol–water partition coefficient (Wildman–Crippen LogP) is 1.33. The summed E-state index contributed by atoms with van der Waals surface area (Å²) in [7, 11) is 0. The van der Waals surface area contributed by atoms with Crippen LogP contribution in [-0.4, -0.2) is 31.8 Å². The lowest BCUT2D eigenvalue weighted by Gasteiger charge is -2.04. The summed E-state index contributed by atoms with van der Waals surface area (Å²) in [6.45, 7) is 6.35. The van der Waals surface area contributed by atoms with Gasteiger partial charge in [-0.3, -0.25) is 9.59 Å². The van der Waals surface area contributed by atoms with Crippen LogP contribution in [0.5, 0.6) is 0 Å². The second-order valence-electron chi connectivity index (χ2n) is 4.45. The largest absolute Gasteiger partial charge is 0.339 e. The summed E-state index contributed by atoms with van der Waals surface area (Å²) in [4.78, 5) is 36.9. The summed E-state index contributed by atoms with van der Waals surface area (Å²) in [5.74, 6) is 1.62. The second-order valence-corrected chi connectivity index (χ2v) is 4.45. The SMILES string of the molecule is CC(=O)Nc1nc(C)[nH]c1-c1[nH]c(C)nc1NC(C)=O. The molecule has 0 spiro atoms. The average Bonchev–Trinajstić information content (AvgIpc) is 2.80. The maximum absolute atomic E-state index is 11.2. The minimum Gasteiger partial charge on any atom is -0.339 e. The zero-order valence-electron chi connectivity index (χ0n) is 11.7. The monoisotopic (exact) mass is 276 g/mol. The first-order valence-electron chi connectivity index (χ1n) is 6.05. The lowest BCUT2D eigenvalue weighted by Crippen LogP contribution is -2.09. The van der Waals surface area contributed by atoms with E-state index in [0.29, 0.717) is 34.7 Å². The molecule has 2 aromatic heterocycles. The topological polar surface area (TPSA) is 116 Å². The van der Waals surface area contributed by atoms with E-state index in [1.54, 1.807) is 13.8 Å². The van der Waals surface area contributed by atoms with Gasteiger partial charge in [-0.2, -0.15) is 0 Å². The number of nitrogens with zero attached hydrogens (tertiary/aromatic N) is 2. The quantitative estimate of drug-likeness (QED) is 0.676. The third kappa shape index (κ3) is 2.85. The van der Waals surface area contributed by atoms with Gasteiger partial charge in [-0.05, 0) is 13.8 Å². The molecule has 0 unspecified atom stereocenters. The van der Waals surface area contributed by atoms with Crippen molar-refractivity contribution in [2.45, 2.75) is 27.7 Å². The molecular weight excluding hydrogens is 260 g/mol. The van der Waals surface area contributed by atoms with Crippen LogP contribution < -0.4 is 10.6 Å². The van der Waals surface area contributed by atoms with Crippen molar-refractivity contribution in [2.75, 3.05) is 10.6 Å². The molecule has 0 aliphatic carbocycles. The number of amides is 2. The summed E-state index contributed by atoms with van der Waals surface area (Å²) < 4.78 is 0. The van der Waals surface area contributed by atoms with E-state index in [-0.39, 0.29) is 11.8 Å². The van der Waals surface area contributed by atoms with Crippen molar-refractivity contribution in [3.63, 3.8) is 0 Å². The fourth-order valence-electron chi connectivity index (χ4n) is 1.86. The van der Waals surface area contributed by atoms with Crippen LogP contribution in [0.3, 0.4) is 0 Å². The van der Waals surface area contributed by atoms with Gasteiger partial charge < -0.3 is 20.6 Å². The van der Waals surface area contributed by atoms with E-state index >= 15 is 0 Å². The number of hydrogen-bond acceptors (Lipinski definition) is 4. The van der Waals surface area contributed by atoms with Gasteiger partial charge in [0.15, 0.2) is 11.6 Å². The smallest absolute Gasteiger partial charge is 0.222 e. The number of imidazole rings is 2. The van der Waals surface area contributed by atoms with Gasteiger partial charge in [-0.1, -0.05) is 0 Å². The number of hydrogen-bond donors (Lipinski definition) is 4. The number of H-pyrrole nitrogens is 2. The first-order chi connectivity index (χ1) is 9.36. The summed E-state index contributed by atoms with van der Waals surface area (Å²) in [5.41, 5.74) is 1.14. The van der Waals surface area contributed by atoms with Crippen LogP contribution in [0.4, 0.5) is 11.6 Å². The number of aromatic amines is 2. The zero-order chi connectivity index (χ0) is 14.9. The van der Waals surface area contributed by atoms with Crippen molar-refractivity contribution in [3.8, 4) is 11.4 Å². The zero-order valence-corrected chi connectivity index (χ0v) is 11.7. The van der Waals surface area contributed by atoms with Gasteiger partial charge in [0.2, 0.25) is 11.8 Å². The molecule has 106 valence electrons. The van der Waals surface area contributed by atoms with Crippen molar-refractivity contribution in [3.05, 3.63) is 11.6 Å². The highest BCUT2D eigenvalue weighted by atomic mass is 16.2. The fraction of sp³-hybridized carbons (Fsp3) is 0.333. The molecule has 2 rings (SSSR count). The van der Waals surface area contributed by atoms with Gasteiger partial charge in [-0.15, -0.1) is 0 Å². The molecule has 0 aliphatic rings. The number of anilines is 2. The number of aromatic nitrogens is 4. The number of rotatable bonds is 3. The lowest BCUT2D eigenvalue weighted by molar-refractivity contribution is -0.115. The molecule has 8 heteroatoms. The Balaban J connectivity index is 2.50. The van der Waals surface area contributed by atoms with Gasteiger partial charge in [-0.25, -0.2) is 9.97 Å². The minimum atomic E-state index is -0.227. The summed E-state index contributed by atoms with van der Waals surface area (Å²) in [6, 6.07) is 0. The molecule has 0 fully saturated rings. The molecule has 0 atom stereocenters. The standard InChI is InChI=1S/C12H16N6O2/c1-5-13-9(11(15-5)17-7(3)19)10-12(18-8(4)20)16-6(2)14-10/h1-4H3,(H,13,15)(H,14,16)(H,17,19)(H,18,20). The molecule has 0 saturated carbocycles. The third-order valence-corrected chi connectivity index (χ3v) is 2.48. The Morgan fingerprint density at radius 1 is 0.850 bits per heavy atom. The molecule has 0 aliphatic heterocycles. The van der Waals surface area contributed by atoms with Crippen molar-refractivity contribution in [1.82, 2.24) is 19.9 Å². The van der Waals surface area contributed by atoms with Crippen LogP contribution >= 0.6 is 0 Å². The molecule has 0 radical (unpaired) electrons. The Labute approximate surface area is 115 Å². The van der Waals surface area contributed by atoms with E-state index in [1.165, 1.54) is 13.8 Å². The highest BCUT2D eigenvalue weighted by molar-refractivity contribution is 5.95. The number of carbonyl (C=O) groups excluding carboxylic acids is 2. The number of carbonyl (C=O) groups is 2. The van der Waals surface area contributed by atoms with E-state index in [2.05, 4.69) is 30.6 Å². The van der Waals surface area contributed by atoms with Gasteiger partial charge >= 0.3 is 0 Å². The highest BCUT2D eigenvalue weighted by Crippen LogP contribution is 2.30. The van der Waals surface area contributed by atoms with Crippen molar-refractivity contribution in [2.24, 2.45) is 0 Å². The summed E-state index contributed by atoms with van der Waals surface area (Å²) in [6.07, 6.45) is 0. The van der Waals surface area contributed by atoms with Crippen LogP contribution in [-0.2, 0) is 9.59 Å². The van der Waals surface area contributed by atoms with E-state index in [4.69, 9.17) is 0 Å². The van der Waals surface area contributed by atoms with E-state index in [1.807, 2.05) is 0 Å². The van der Waals surface area contributed by atoms with Crippen LogP contribution in [0.1, 0.15) is 25.5 Å². The first-order valence-corrected chi connectivity index (χ1v) is 6.05. The molecule has 0 saturated heterocycles. The van der Waals surface area contributed by atoms with Crippen LogP contribution in [0.2, 0.25) is 0 Å². The summed E-state index contributed by atoms with van der Waals surface area (Å²) >= 11 is 0. The second kappa shape index (κ2) is 5.16. The lowest BCUT2D eigenvalue weighted by atomic mass is 10.3. The third-order valence-electron chi connectivity index (χ3n) is 2.48. The maximum Gasteiger partial charge on any atom is 0.222 e. The normalized spacial score (nSPS) is 10.4. The minimum absolute atomic E-state index is 0.227. The Morgan fingerprint density at radius 2 is 1.20 bits per heavy atom. The fourth-order valence-corrected chi connectivity index (χ4v) is 1.86. The predicted molar refractivity (Wildman–Crippen MR) is 74.3 cm³/mol. The van der Waals surface area contributed by atoms with Crippen LogP contribution in [0, 0.1) is 13.8 Å². The Kier molecular flexibility index (Phi) is 3.55. The van der Waals surface area contributed by atoms with Crippen molar-refractivity contribution >= 4 is 23.5 Å². The van der Waals surface area contributed by atoms with Gasteiger partial charge in [0.05, 0.1) is 0 Å². The van der Waals surface area contributed by atoms with Crippen LogP contribution in [0.25, 0.3) is 11.4 Å². The Morgan fingerprint density at radius 3 is 1.50 bits per heavy atom. The highest BCUT2D eigenvalue weighted by Gasteiger charge is 2.18. The van der Waals surface area contributed by atoms with E-state index < -0.39 is 0 Å². The molecular formula is C12H16N6O2. The Hall–Kier alpha value is -2.64. The molecule has 2 heterocycles. The van der Waals surface area contributed by atoms with E-state index in [0.717, 1.165) is 0 Å². The first kappa shape index (κ1) is 13.8. The number of aryl methyl sites for hydroxylation is 2. The van der Waals surface area contributed by atoms with Gasteiger partial charge in [0.25, 0.3) is 0 Å². The molecule has 8 nitrogen and oxygen atoms in total. The van der Waals surface area contributed by atoms with Gasteiger partial charge in [0.1, 0.15) is 23.0 Å². The summed E-state index contributed by atoms with van der Waals surface area (Å²) in [5, 5.41) is 5.28. The van der Waals surface area contributed by atoms with Crippen molar-refractivity contribution < 1.29 is 9.59 Å². The number of nitrogens with one attached hydrogen (secondary N) is 4. The molecule has 20 heavy (non-hydrogen) atoms. The maximum atomic E-state index is 11.2.